The quantitative estimate of drug-likeness (QED) is 0.856. The van der Waals surface area contributed by atoms with E-state index in [1.54, 1.807) is 6.20 Å². The van der Waals surface area contributed by atoms with E-state index in [4.69, 9.17) is 4.74 Å². The summed E-state index contributed by atoms with van der Waals surface area (Å²) in [5.41, 5.74) is 0.845. The minimum atomic E-state index is 0.291. The summed E-state index contributed by atoms with van der Waals surface area (Å²) in [5, 5.41) is 7.25. The minimum Gasteiger partial charge on any atom is -0.467 e. The molecule has 0 unspecified atom stereocenters. The average molecular weight is 248 g/mol. The fraction of sp³-hybridized carbons (Fsp3) is 0.455. The van der Waals surface area contributed by atoms with Crippen LogP contribution in [0.1, 0.15) is 13.8 Å². The number of methoxy groups -OCH3 is 1. The van der Waals surface area contributed by atoms with Crippen LogP contribution >= 0.6 is 0 Å². The Labute approximate surface area is 105 Å². The molecule has 0 saturated heterocycles. The fourth-order valence-electron chi connectivity index (χ4n) is 1.57. The van der Waals surface area contributed by atoms with Gasteiger partial charge in [0, 0.05) is 19.3 Å². The minimum absolute atomic E-state index is 0.291. The van der Waals surface area contributed by atoms with Gasteiger partial charge in [-0.2, -0.15) is 20.1 Å². The van der Waals surface area contributed by atoms with Crippen molar-refractivity contribution in [3.8, 4) is 17.5 Å². The fourth-order valence-corrected chi connectivity index (χ4v) is 1.57. The predicted octanol–water partition coefficient (Wildman–Crippen LogP) is 1.20. The summed E-state index contributed by atoms with van der Waals surface area (Å²) in [5.74, 6) is 1.06. The molecule has 2 aromatic heterocycles. The Kier molecular flexibility index (Phi) is 3.71. The number of anilines is 1. The van der Waals surface area contributed by atoms with E-state index in [9.17, 15) is 0 Å². The molecule has 0 aliphatic rings. The number of aryl methyl sites for hydroxylation is 1. The predicted molar refractivity (Wildman–Crippen MR) is 67.4 cm³/mol. The van der Waals surface area contributed by atoms with Crippen LogP contribution in [-0.2, 0) is 6.54 Å². The van der Waals surface area contributed by atoms with E-state index in [1.165, 1.54) is 7.11 Å². The molecule has 0 radical (unpaired) electrons. The molecule has 0 amide bonds. The van der Waals surface area contributed by atoms with E-state index in [0.717, 1.165) is 18.8 Å². The van der Waals surface area contributed by atoms with Crippen LogP contribution in [0.2, 0.25) is 0 Å². The molecule has 18 heavy (non-hydrogen) atoms. The van der Waals surface area contributed by atoms with Crippen molar-refractivity contribution in [1.29, 1.82) is 0 Å². The van der Waals surface area contributed by atoms with E-state index in [2.05, 4.69) is 25.4 Å². The Morgan fingerprint density at radius 3 is 2.78 bits per heavy atom. The molecule has 1 N–H and O–H groups in total. The van der Waals surface area contributed by atoms with Crippen molar-refractivity contribution in [1.82, 2.24) is 24.7 Å². The second-order valence-electron chi connectivity index (χ2n) is 3.53. The first-order valence-electron chi connectivity index (χ1n) is 5.84. The van der Waals surface area contributed by atoms with E-state index < -0.39 is 0 Å². The number of aromatic nitrogens is 5. The van der Waals surface area contributed by atoms with Crippen LogP contribution in [0.5, 0.6) is 6.01 Å². The highest BCUT2D eigenvalue weighted by Gasteiger charge is 2.12. The second kappa shape index (κ2) is 5.44. The van der Waals surface area contributed by atoms with Crippen molar-refractivity contribution in [2.75, 3.05) is 19.0 Å². The Bertz CT molecular complexity index is 524. The van der Waals surface area contributed by atoms with E-state index in [0.29, 0.717) is 17.8 Å². The lowest BCUT2D eigenvalue weighted by molar-refractivity contribution is 0.379. The zero-order valence-corrected chi connectivity index (χ0v) is 10.7. The summed E-state index contributed by atoms with van der Waals surface area (Å²) < 4.78 is 6.91. The first kappa shape index (κ1) is 12.3. The standard InChI is InChI=1S/C11H16N6O/c1-4-12-10-14-9(15-11(16-10)18-3)8-6-7-13-17(8)5-2/h6-7H,4-5H2,1-3H3,(H,12,14,15,16). The molecule has 96 valence electrons. The number of nitrogens with zero attached hydrogens (tertiary/aromatic N) is 5. The molecule has 0 aromatic carbocycles. The monoisotopic (exact) mass is 248 g/mol. The summed E-state index contributed by atoms with van der Waals surface area (Å²) >= 11 is 0. The van der Waals surface area contributed by atoms with Gasteiger partial charge in [0.1, 0.15) is 5.69 Å². The lowest BCUT2D eigenvalue weighted by atomic mass is 10.4. The topological polar surface area (TPSA) is 77.8 Å². The second-order valence-corrected chi connectivity index (χ2v) is 3.53. The molecule has 0 fully saturated rings. The van der Waals surface area contributed by atoms with Gasteiger partial charge in [-0.05, 0) is 19.9 Å². The van der Waals surface area contributed by atoms with Crippen LogP contribution in [0.25, 0.3) is 11.5 Å². The maximum absolute atomic E-state index is 5.08. The van der Waals surface area contributed by atoms with Crippen molar-refractivity contribution in [2.24, 2.45) is 0 Å². The highest BCUT2D eigenvalue weighted by atomic mass is 16.5. The molecule has 0 aliphatic heterocycles. The largest absolute Gasteiger partial charge is 0.467 e. The highest BCUT2D eigenvalue weighted by Crippen LogP contribution is 2.18. The molecular formula is C11H16N6O. The molecule has 2 heterocycles. The van der Waals surface area contributed by atoms with Gasteiger partial charge in [0.05, 0.1) is 7.11 Å². The summed E-state index contributed by atoms with van der Waals surface area (Å²) in [6, 6.07) is 2.16. The Morgan fingerprint density at radius 2 is 2.11 bits per heavy atom. The molecule has 2 rings (SSSR count). The van der Waals surface area contributed by atoms with Gasteiger partial charge in [-0.3, -0.25) is 4.68 Å². The zero-order valence-electron chi connectivity index (χ0n) is 10.7. The number of nitrogens with one attached hydrogen (secondary N) is 1. The van der Waals surface area contributed by atoms with Gasteiger partial charge in [0.2, 0.25) is 5.95 Å². The van der Waals surface area contributed by atoms with Crippen molar-refractivity contribution >= 4 is 5.95 Å². The van der Waals surface area contributed by atoms with Gasteiger partial charge in [0.15, 0.2) is 5.82 Å². The Hall–Kier alpha value is -2.18. The molecule has 7 nitrogen and oxygen atoms in total. The van der Waals surface area contributed by atoms with Gasteiger partial charge >= 0.3 is 6.01 Å². The highest BCUT2D eigenvalue weighted by molar-refractivity contribution is 5.51. The summed E-state index contributed by atoms with van der Waals surface area (Å²) in [4.78, 5) is 12.7. The molecule has 2 aromatic rings. The number of hydrogen-bond donors (Lipinski definition) is 1. The van der Waals surface area contributed by atoms with Crippen molar-refractivity contribution in [2.45, 2.75) is 20.4 Å². The maximum Gasteiger partial charge on any atom is 0.321 e. The number of ether oxygens (including phenoxy) is 1. The molecule has 0 bridgehead atoms. The van der Waals surface area contributed by atoms with Gasteiger partial charge < -0.3 is 10.1 Å². The van der Waals surface area contributed by atoms with Crippen molar-refractivity contribution in [3.63, 3.8) is 0 Å². The van der Waals surface area contributed by atoms with Crippen LogP contribution in [0.4, 0.5) is 5.95 Å². The lowest BCUT2D eigenvalue weighted by Crippen LogP contribution is -2.08. The Morgan fingerprint density at radius 1 is 1.28 bits per heavy atom. The van der Waals surface area contributed by atoms with Crippen LogP contribution < -0.4 is 10.1 Å². The summed E-state index contributed by atoms with van der Waals surface area (Å²) in [7, 11) is 1.53. The van der Waals surface area contributed by atoms with Crippen LogP contribution in [0.3, 0.4) is 0 Å². The number of hydrogen-bond acceptors (Lipinski definition) is 6. The van der Waals surface area contributed by atoms with Gasteiger partial charge in [-0.25, -0.2) is 0 Å². The molecule has 7 heteroatoms. The zero-order chi connectivity index (χ0) is 13.0. The molecule has 0 saturated carbocycles. The van der Waals surface area contributed by atoms with E-state index >= 15 is 0 Å². The third-order valence-corrected chi connectivity index (χ3v) is 2.38. The van der Waals surface area contributed by atoms with E-state index in [1.807, 2.05) is 24.6 Å². The Balaban J connectivity index is 2.46. The van der Waals surface area contributed by atoms with E-state index in [-0.39, 0.29) is 0 Å². The molecule has 0 atom stereocenters. The number of rotatable bonds is 5. The van der Waals surface area contributed by atoms with Crippen LogP contribution in [-0.4, -0.2) is 38.4 Å². The first-order valence-corrected chi connectivity index (χ1v) is 5.84. The molecule has 0 aliphatic carbocycles. The molecule has 0 spiro atoms. The lowest BCUT2D eigenvalue weighted by Gasteiger charge is -2.07. The maximum atomic E-state index is 5.08. The van der Waals surface area contributed by atoms with Crippen LogP contribution in [0, 0.1) is 0 Å². The summed E-state index contributed by atoms with van der Waals surface area (Å²) in [6.45, 7) is 5.48. The van der Waals surface area contributed by atoms with Crippen molar-refractivity contribution in [3.05, 3.63) is 12.3 Å². The smallest absolute Gasteiger partial charge is 0.321 e. The molecular weight excluding hydrogens is 232 g/mol. The summed E-state index contributed by atoms with van der Waals surface area (Å²) in [6.07, 6.45) is 1.72. The third kappa shape index (κ3) is 2.39. The first-order chi connectivity index (χ1) is 8.78. The van der Waals surface area contributed by atoms with Gasteiger partial charge in [0.25, 0.3) is 0 Å². The van der Waals surface area contributed by atoms with Crippen LogP contribution in [0.15, 0.2) is 12.3 Å². The SMILES string of the molecule is CCNc1nc(OC)nc(-c2ccnn2CC)n1. The van der Waals surface area contributed by atoms with Gasteiger partial charge in [-0.15, -0.1) is 0 Å². The average Bonchev–Trinajstić information content (AvgIpc) is 2.87. The normalized spacial score (nSPS) is 10.4. The van der Waals surface area contributed by atoms with Crippen molar-refractivity contribution < 1.29 is 4.74 Å². The van der Waals surface area contributed by atoms with Gasteiger partial charge in [-0.1, -0.05) is 0 Å². The third-order valence-electron chi connectivity index (χ3n) is 2.38.